The number of H-pyrrole nitrogens is 1. The molecular formula is C24H20N2O. The summed E-state index contributed by atoms with van der Waals surface area (Å²) in [4.78, 5) is 3.00. The molecule has 0 aliphatic heterocycles. The Hall–Kier alpha value is -3.51. The molecule has 3 aromatic rings. The van der Waals surface area contributed by atoms with Gasteiger partial charge in [0.05, 0.1) is 0 Å². The van der Waals surface area contributed by atoms with Crippen LogP contribution in [-0.4, -0.2) is 10.1 Å². The molecule has 0 bridgehead atoms. The largest absolute Gasteiger partial charge is 0.494 e. The molecule has 0 atom stereocenters. The Morgan fingerprint density at radius 3 is 2.41 bits per heavy atom. The Labute approximate surface area is 158 Å². The van der Waals surface area contributed by atoms with E-state index in [4.69, 9.17) is 0 Å². The average molecular weight is 352 g/mol. The zero-order valence-electron chi connectivity index (χ0n) is 14.9. The number of allylic oxidation sites excluding steroid dienone is 3. The van der Waals surface area contributed by atoms with Gasteiger partial charge in [-0.25, -0.2) is 0 Å². The lowest BCUT2D eigenvalue weighted by Crippen LogP contribution is -2.03. The van der Waals surface area contributed by atoms with Crippen LogP contribution in [0.2, 0.25) is 0 Å². The molecule has 0 fully saturated rings. The Bertz CT molecular complexity index is 1050. The molecule has 1 heterocycles. The highest BCUT2D eigenvalue weighted by molar-refractivity contribution is 5.99. The zero-order chi connectivity index (χ0) is 18.6. The number of benzene rings is 2. The van der Waals surface area contributed by atoms with Crippen molar-refractivity contribution in [3.63, 3.8) is 0 Å². The van der Waals surface area contributed by atoms with Gasteiger partial charge in [-0.2, -0.15) is 5.26 Å². The van der Waals surface area contributed by atoms with Gasteiger partial charge in [0, 0.05) is 11.3 Å². The number of nitrogens with zero attached hydrogens (tertiary/aromatic N) is 1. The molecule has 1 aliphatic carbocycles. The average Bonchev–Trinajstić information content (AvgIpc) is 3.05. The van der Waals surface area contributed by atoms with Crippen molar-refractivity contribution in [2.45, 2.75) is 19.3 Å². The minimum absolute atomic E-state index is 0.0265. The quantitative estimate of drug-likeness (QED) is 0.649. The summed E-state index contributed by atoms with van der Waals surface area (Å²) in [7, 11) is 0. The fraction of sp³-hybridized carbons (Fsp3) is 0.125. The molecule has 0 saturated carbocycles. The van der Waals surface area contributed by atoms with Crippen LogP contribution in [0.5, 0.6) is 5.88 Å². The summed E-state index contributed by atoms with van der Waals surface area (Å²) in [6, 6.07) is 22.6. The molecule has 3 heteroatoms. The van der Waals surface area contributed by atoms with Crippen molar-refractivity contribution in [3.05, 3.63) is 94.7 Å². The lowest BCUT2D eigenvalue weighted by atomic mass is 9.84. The van der Waals surface area contributed by atoms with Gasteiger partial charge in [-0.3, -0.25) is 0 Å². The van der Waals surface area contributed by atoms with Crippen molar-refractivity contribution in [3.8, 4) is 11.9 Å². The third-order valence-corrected chi connectivity index (χ3v) is 4.98. The minimum Gasteiger partial charge on any atom is -0.494 e. The van der Waals surface area contributed by atoms with E-state index in [1.54, 1.807) is 0 Å². The number of rotatable bonds is 3. The van der Waals surface area contributed by atoms with E-state index in [1.165, 1.54) is 0 Å². The standard InChI is InChI=1S/C24H20N2O/c25-16-21-23-20(12-7-13-22(23)26-24(21)27)19(18-10-5-2-6-11-18)15-14-17-8-3-1-4-9-17/h1-6,8-11,14-15,26-27H,7,12-13H2. The molecule has 0 amide bonds. The Morgan fingerprint density at radius 1 is 1.00 bits per heavy atom. The van der Waals surface area contributed by atoms with Crippen molar-refractivity contribution in [2.24, 2.45) is 0 Å². The first kappa shape index (κ1) is 16.9. The van der Waals surface area contributed by atoms with Gasteiger partial charge in [-0.05, 0) is 41.5 Å². The van der Waals surface area contributed by atoms with E-state index in [1.807, 2.05) is 36.4 Å². The van der Waals surface area contributed by atoms with Gasteiger partial charge in [0.1, 0.15) is 11.6 Å². The summed E-state index contributed by atoms with van der Waals surface area (Å²) < 4.78 is 0. The number of hydrogen-bond donors (Lipinski definition) is 2. The van der Waals surface area contributed by atoms with Crippen LogP contribution >= 0.6 is 0 Å². The second-order valence-electron chi connectivity index (χ2n) is 6.67. The predicted octanol–water partition coefficient (Wildman–Crippen LogP) is 5.55. The highest BCUT2D eigenvalue weighted by Gasteiger charge is 2.25. The number of aryl methyl sites for hydroxylation is 1. The summed E-state index contributed by atoms with van der Waals surface area (Å²) in [6.45, 7) is 0. The second-order valence-corrected chi connectivity index (χ2v) is 6.67. The van der Waals surface area contributed by atoms with Crippen molar-refractivity contribution in [2.75, 3.05) is 0 Å². The molecule has 0 unspecified atom stereocenters. The predicted molar refractivity (Wildman–Crippen MR) is 109 cm³/mol. The zero-order valence-corrected chi connectivity index (χ0v) is 14.9. The van der Waals surface area contributed by atoms with E-state index >= 15 is 0 Å². The van der Waals surface area contributed by atoms with Crippen molar-refractivity contribution in [1.29, 1.82) is 5.26 Å². The highest BCUT2D eigenvalue weighted by atomic mass is 16.3. The lowest BCUT2D eigenvalue weighted by Gasteiger charge is -2.19. The van der Waals surface area contributed by atoms with Crippen LogP contribution in [0.1, 0.15) is 40.8 Å². The molecule has 2 N–H and O–H groups in total. The molecule has 3 nitrogen and oxygen atoms in total. The summed E-state index contributed by atoms with van der Waals surface area (Å²) in [5.74, 6) is -0.0265. The van der Waals surface area contributed by atoms with Gasteiger partial charge < -0.3 is 10.1 Å². The third kappa shape index (κ3) is 3.30. The molecule has 0 radical (unpaired) electrons. The monoisotopic (exact) mass is 352 g/mol. The molecule has 1 aliphatic rings. The summed E-state index contributed by atoms with van der Waals surface area (Å²) in [6.07, 6.45) is 6.94. The molecule has 1 aromatic heterocycles. The normalized spacial score (nSPS) is 15.4. The maximum absolute atomic E-state index is 10.2. The van der Waals surface area contributed by atoms with Crippen molar-refractivity contribution < 1.29 is 5.11 Å². The summed E-state index contributed by atoms with van der Waals surface area (Å²) in [5.41, 5.74) is 6.61. The van der Waals surface area contributed by atoms with Gasteiger partial charge >= 0.3 is 0 Å². The molecule has 0 spiro atoms. The minimum atomic E-state index is -0.0265. The number of nitriles is 1. The van der Waals surface area contributed by atoms with Crippen LogP contribution in [-0.2, 0) is 6.42 Å². The van der Waals surface area contributed by atoms with Gasteiger partial charge in [-0.1, -0.05) is 72.8 Å². The Kier molecular flexibility index (Phi) is 4.63. The maximum atomic E-state index is 10.2. The number of aromatic hydroxyl groups is 1. The molecule has 4 rings (SSSR count). The van der Waals surface area contributed by atoms with E-state index in [-0.39, 0.29) is 5.88 Å². The molecular weight excluding hydrogens is 332 g/mol. The Balaban J connectivity index is 1.92. The third-order valence-electron chi connectivity index (χ3n) is 4.98. The maximum Gasteiger partial charge on any atom is 0.207 e. The van der Waals surface area contributed by atoms with Crippen LogP contribution in [0, 0.1) is 11.3 Å². The van der Waals surface area contributed by atoms with E-state index in [9.17, 15) is 10.4 Å². The molecule has 132 valence electrons. The number of aromatic nitrogens is 1. The first-order valence-electron chi connectivity index (χ1n) is 9.14. The van der Waals surface area contributed by atoms with Crippen LogP contribution < -0.4 is 0 Å². The van der Waals surface area contributed by atoms with Gasteiger partial charge in [-0.15, -0.1) is 0 Å². The fourth-order valence-corrected chi connectivity index (χ4v) is 3.74. The van der Waals surface area contributed by atoms with Gasteiger partial charge in [0.2, 0.25) is 5.88 Å². The number of hydrogen-bond acceptors (Lipinski definition) is 2. The van der Waals surface area contributed by atoms with Crippen molar-refractivity contribution in [1.82, 2.24) is 4.98 Å². The highest BCUT2D eigenvalue weighted by Crippen LogP contribution is 2.41. The van der Waals surface area contributed by atoms with E-state index in [0.29, 0.717) is 5.56 Å². The smallest absolute Gasteiger partial charge is 0.207 e. The summed E-state index contributed by atoms with van der Waals surface area (Å²) in [5, 5.41) is 19.7. The Morgan fingerprint density at radius 2 is 1.70 bits per heavy atom. The first-order chi connectivity index (χ1) is 13.3. The lowest BCUT2D eigenvalue weighted by molar-refractivity contribution is 0.454. The van der Waals surface area contributed by atoms with Crippen LogP contribution in [0.3, 0.4) is 0 Å². The number of aromatic amines is 1. The first-order valence-corrected chi connectivity index (χ1v) is 9.14. The molecule has 0 saturated heterocycles. The molecule has 27 heavy (non-hydrogen) atoms. The molecule has 2 aromatic carbocycles. The van der Waals surface area contributed by atoms with Gasteiger partial charge in [0.25, 0.3) is 0 Å². The number of nitrogens with one attached hydrogen (secondary N) is 1. The van der Waals surface area contributed by atoms with Crippen LogP contribution in [0.25, 0.3) is 17.2 Å². The fourth-order valence-electron chi connectivity index (χ4n) is 3.74. The van der Waals surface area contributed by atoms with E-state index in [0.717, 1.165) is 52.8 Å². The van der Waals surface area contributed by atoms with E-state index in [2.05, 4.69) is 47.5 Å². The van der Waals surface area contributed by atoms with Crippen molar-refractivity contribution >= 4 is 17.2 Å². The SMILES string of the molecule is N#Cc1c(O)[nH]c2c1C(=C(C=Cc1ccccc1)c1ccccc1)CCC2. The van der Waals surface area contributed by atoms with Crippen LogP contribution in [0.4, 0.5) is 0 Å². The van der Waals surface area contributed by atoms with Gasteiger partial charge in [0.15, 0.2) is 0 Å². The van der Waals surface area contributed by atoms with E-state index < -0.39 is 0 Å². The van der Waals surface area contributed by atoms with Crippen LogP contribution in [0.15, 0.2) is 66.7 Å². The topological polar surface area (TPSA) is 59.8 Å². The summed E-state index contributed by atoms with van der Waals surface area (Å²) >= 11 is 0. The number of fused-ring (bicyclic) bond motifs is 1. The second kappa shape index (κ2) is 7.39.